The van der Waals surface area contributed by atoms with Crippen LogP contribution in [0.2, 0.25) is 0 Å². The summed E-state index contributed by atoms with van der Waals surface area (Å²) < 4.78 is 5.18. The van der Waals surface area contributed by atoms with Crippen molar-refractivity contribution in [3.8, 4) is 11.5 Å². The number of allylic oxidation sites excluding steroid dienone is 2. The average molecular weight is 232 g/mol. The molecular weight excluding hydrogens is 212 g/mol. The highest BCUT2D eigenvalue weighted by Gasteiger charge is 2.10. The summed E-state index contributed by atoms with van der Waals surface area (Å²) in [5.41, 5.74) is 4.05. The van der Waals surface area contributed by atoms with Crippen molar-refractivity contribution in [1.29, 1.82) is 0 Å². The molecule has 0 spiro atoms. The standard InChI is InChI=1S/C15H20O2/c1-10(2)6-12-8-13(7-11(3)4)15(16)14(9-12)17-5/h8-9,16H,1,3,6-7H2,2,4-5H3. The number of rotatable bonds is 5. The average Bonchev–Trinajstić information content (AvgIpc) is 2.21. The van der Waals surface area contributed by atoms with Crippen LogP contribution < -0.4 is 4.74 Å². The zero-order valence-electron chi connectivity index (χ0n) is 10.8. The molecule has 0 saturated heterocycles. The molecule has 1 rings (SSSR count). The number of phenols is 1. The lowest BCUT2D eigenvalue weighted by Crippen LogP contribution is -1.95. The smallest absolute Gasteiger partial charge is 0.161 e. The van der Waals surface area contributed by atoms with Gasteiger partial charge in [-0.2, -0.15) is 0 Å². The van der Waals surface area contributed by atoms with Crippen molar-refractivity contribution in [3.63, 3.8) is 0 Å². The van der Waals surface area contributed by atoms with Crippen molar-refractivity contribution < 1.29 is 9.84 Å². The second kappa shape index (κ2) is 5.58. The lowest BCUT2D eigenvalue weighted by molar-refractivity contribution is 0.370. The first-order valence-corrected chi connectivity index (χ1v) is 5.61. The van der Waals surface area contributed by atoms with Crippen LogP contribution in [0.5, 0.6) is 11.5 Å². The lowest BCUT2D eigenvalue weighted by atomic mass is 9.99. The Hall–Kier alpha value is -1.70. The molecule has 0 aromatic heterocycles. The van der Waals surface area contributed by atoms with Gasteiger partial charge in [0.1, 0.15) is 0 Å². The highest BCUT2D eigenvalue weighted by atomic mass is 16.5. The number of aromatic hydroxyl groups is 1. The van der Waals surface area contributed by atoms with Crippen LogP contribution in [0.4, 0.5) is 0 Å². The fraction of sp³-hybridized carbons (Fsp3) is 0.333. The summed E-state index contributed by atoms with van der Waals surface area (Å²) in [4.78, 5) is 0. The minimum absolute atomic E-state index is 0.209. The molecule has 0 heterocycles. The normalized spacial score (nSPS) is 10.1. The van der Waals surface area contributed by atoms with Crippen LogP contribution >= 0.6 is 0 Å². The molecule has 0 atom stereocenters. The molecule has 17 heavy (non-hydrogen) atoms. The molecule has 0 aliphatic rings. The highest BCUT2D eigenvalue weighted by molar-refractivity contribution is 5.50. The molecule has 1 N–H and O–H groups in total. The number of phenolic OH excluding ortho intramolecular Hbond substituents is 1. The maximum absolute atomic E-state index is 10.0. The van der Waals surface area contributed by atoms with Gasteiger partial charge in [0.05, 0.1) is 7.11 Å². The molecule has 0 bridgehead atoms. The Morgan fingerprint density at radius 3 is 2.24 bits per heavy atom. The maximum atomic E-state index is 10.0. The topological polar surface area (TPSA) is 29.5 Å². The number of hydrogen-bond acceptors (Lipinski definition) is 2. The number of hydrogen-bond donors (Lipinski definition) is 1. The van der Waals surface area contributed by atoms with E-state index in [0.29, 0.717) is 12.2 Å². The highest BCUT2D eigenvalue weighted by Crippen LogP contribution is 2.33. The third-order valence-electron chi connectivity index (χ3n) is 2.43. The third-order valence-corrected chi connectivity index (χ3v) is 2.43. The molecule has 0 radical (unpaired) electrons. The Labute approximate surface area is 103 Å². The number of ether oxygens (including phenoxy) is 1. The summed E-state index contributed by atoms with van der Waals surface area (Å²) in [7, 11) is 1.56. The van der Waals surface area contributed by atoms with E-state index in [1.807, 2.05) is 26.0 Å². The van der Waals surface area contributed by atoms with Gasteiger partial charge in [-0.25, -0.2) is 0 Å². The summed E-state index contributed by atoms with van der Waals surface area (Å²) in [6.07, 6.45) is 1.45. The van der Waals surface area contributed by atoms with E-state index in [2.05, 4.69) is 13.2 Å². The van der Waals surface area contributed by atoms with Crippen LogP contribution in [0.15, 0.2) is 36.4 Å². The molecule has 1 aromatic rings. The SMILES string of the molecule is C=C(C)Cc1cc(CC(=C)C)c(O)c(OC)c1. The van der Waals surface area contributed by atoms with Crippen molar-refractivity contribution >= 4 is 0 Å². The molecule has 0 saturated carbocycles. The molecule has 0 amide bonds. The van der Waals surface area contributed by atoms with Crippen molar-refractivity contribution in [2.45, 2.75) is 26.7 Å². The van der Waals surface area contributed by atoms with Gasteiger partial charge in [-0.15, -0.1) is 0 Å². The molecular formula is C15H20O2. The van der Waals surface area contributed by atoms with E-state index in [1.165, 1.54) is 0 Å². The van der Waals surface area contributed by atoms with Gasteiger partial charge in [0.2, 0.25) is 0 Å². The van der Waals surface area contributed by atoms with Gasteiger partial charge in [0, 0.05) is 5.56 Å². The predicted octanol–water partition coefficient (Wildman–Crippen LogP) is 3.64. The molecule has 0 unspecified atom stereocenters. The van der Waals surface area contributed by atoms with Crippen LogP contribution in [-0.2, 0) is 12.8 Å². The van der Waals surface area contributed by atoms with Crippen LogP contribution in [0.25, 0.3) is 0 Å². The molecule has 2 heteroatoms. The number of methoxy groups -OCH3 is 1. The summed E-state index contributed by atoms with van der Waals surface area (Å²) >= 11 is 0. The van der Waals surface area contributed by atoms with Crippen molar-refractivity contribution in [1.82, 2.24) is 0 Å². The summed E-state index contributed by atoms with van der Waals surface area (Å²) in [6.45, 7) is 11.7. The minimum Gasteiger partial charge on any atom is -0.504 e. The lowest BCUT2D eigenvalue weighted by Gasteiger charge is -2.12. The van der Waals surface area contributed by atoms with E-state index < -0.39 is 0 Å². The van der Waals surface area contributed by atoms with E-state index in [1.54, 1.807) is 7.11 Å². The van der Waals surface area contributed by atoms with Crippen LogP contribution in [0.3, 0.4) is 0 Å². The maximum Gasteiger partial charge on any atom is 0.161 e. The molecule has 0 fully saturated rings. The quantitative estimate of drug-likeness (QED) is 0.785. The molecule has 0 aliphatic heterocycles. The number of benzene rings is 1. The first kappa shape index (κ1) is 13.4. The second-order valence-electron chi connectivity index (χ2n) is 4.57. The van der Waals surface area contributed by atoms with E-state index in [4.69, 9.17) is 4.74 Å². The van der Waals surface area contributed by atoms with E-state index >= 15 is 0 Å². The Morgan fingerprint density at radius 1 is 1.18 bits per heavy atom. The van der Waals surface area contributed by atoms with Gasteiger partial charge in [0.15, 0.2) is 11.5 Å². The fourth-order valence-corrected chi connectivity index (χ4v) is 1.79. The van der Waals surface area contributed by atoms with Crippen molar-refractivity contribution in [2.24, 2.45) is 0 Å². The zero-order valence-corrected chi connectivity index (χ0v) is 10.8. The third kappa shape index (κ3) is 3.66. The minimum atomic E-state index is 0.209. The van der Waals surface area contributed by atoms with Gasteiger partial charge in [-0.1, -0.05) is 30.4 Å². The van der Waals surface area contributed by atoms with Crippen LogP contribution in [-0.4, -0.2) is 12.2 Å². The van der Waals surface area contributed by atoms with Crippen molar-refractivity contribution in [2.75, 3.05) is 7.11 Å². The van der Waals surface area contributed by atoms with E-state index in [0.717, 1.165) is 28.7 Å². The molecule has 1 aromatic carbocycles. The second-order valence-corrected chi connectivity index (χ2v) is 4.57. The van der Waals surface area contributed by atoms with Gasteiger partial charge < -0.3 is 9.84 Å². The van der Waals surface area contributed by atoms with Gasteiger partial charge in [-0.05, 0) is 38.3 Å². The largest absolute Gasteiger partial charge is 0.504 e. The van der Waals surface area contributed by atoms with Gasteiger partial charge >= 0.3 is 0 Å². The Morgan fingerprint density at radius 2 is 1.76 bits per heavy atom. The van der Waals surface area contributed by atoms with Crippen molar-refractivity contribution in [3.05, 3.63) is 47.6 Å². The zero-order chi connectivity index (χ0) is 13.0. The Kier molecular flexibility index (Phi) is 4.38. The monoisotopic (exact) mass is 232 g/mol. The van der Waals surface area contributed by atoms with Gasteiger partial charge in [0.25, 0.3) is 0 Å². The van der Waals surface area contributed by atoms with E-state index in [-0.39, 0.29) is 5.75 Å². The summed E-state index contributed by atoms with van der Waals surface area (Å²) in [5.74, 6) is 0.723. The first-order chi connectivity index (χ1) is 7.93. The Balaban J connectivity index is 3.17. The summed E-state index contributed by atoms with van der Waals surface area (Å²) in [5, 5.41) is 10.0. The summed E-state index contributed by atoms with van der Waals surface area (Å²) in [6, 6.07) is 3.84. The first-order valence-electron chi connectivity index (χ1n) is 5.61. The van der Waals surface area contributed by atoms with E-state index in [9.17, 15) is 5.11 Å². The van der Waals surface area contributed by atoms with Crippen LogP contribution in [0, 0.1) is 0 Å². The molecule has 92 valence electrons. The predicted molar refractivity (Wildman–Crippen MR) is 71.7 cm³/mol. The fourth-order valence-electron chi connectivity index (χ4n) is 1.79. The van der Waals surface area contributed by atoms with Gasteiger partial charge in [-0.3, -0.25) is 0 Å². The molecule has 0 aliphatic carbocycles. The van der Waals surface area contributed by atoms with Crippen LogP contribution in [0.1, 0.15) is 25.0 Å². The Bertz CT molecular complexity index is 444. The molecule has 2 nitrogen and oxygen atoms in total.